The summed E-state index contributed by atoms with van der Waals surface area (Å²) in [6, 6.07) is 12.8. The number of carbonyl (C=O) groups excluding carboxylic acids is 2. The molecule has 3 rings (SSSR count). The number of amides is 2. The van der Waals surface area contributed by atoms with Gasteiger partial charge in [0.05, 0.1) is 7.11 Å². The van der Waals surface area contributed by atoms with Gasteiger partial charge in [-0.2, -0.15) is 13.2 Å². The minimum absolute atomic E-state index is 0.0699. The van der Waals surface area contributed by atoms with Crippen LogP contribution in [0.1, 0.15) is 28.8 Å². The maximum Gasteiger partial charge on any atom is 0.422 e. The molecule has 1 saturated heterocycles. The van der Waals surface area contributed by atoms with Gasteiger partial charge in [-0.05, 0) is 54.8 Å². The van der Waals surface area contributed by atoms with E-state index in [1.807, 2.05) is 0 Å². The minimum atomic E-state index is -4.39. The standard InChI is InChI=1S/C23H25F3N2O4/c1-31-19-8-4-17(5-9-19)21(29)18-10-12-28(13-11-18)22(30)27-14-16-2-6-20(7-3-16)32-15-23(24,25)26/h2-9,18H,10-15H2,1H3,(H,27,30). The second-order valence-electron chi connectivity index (χ2n) is 7.56. The van der Waals surface area contributed by atoms with Crippen LogP contribution >= 0.6 is 0 Å². The van der Waals surface area contributed by atoms with Gasteiger partial charge >= 0.3 is 12.2 Å². The fraction of sp³-hybridized carbons (Fsp3) is 0.391. The Labute approximate surface area is 184 Å². The van der Waals surface area contributed by atoms with E-state index in [0.717, 1.165) is 5.56 Å². The number of ketones is 1. The Balaban J connectivity index is 1.42. The van der Waals surface area contributed by atoms with Crippen molar-refractivity contribution in [2.75, 3.05) is 26.8 Å². The number of piperidine rings is 1. The highest BCUT2D eigenvalue weighted by Crippen LogP contribution is 2.23. The Morgan fingerprint density at radius 2 is 1.59 bits per heavy atom. The average Bonchev–Trinajstić information content (AvgIpc) is 2.81. The molecule has 2 aromatic rings. The Kier molecular flexibility index (Phi) is 7.61. The summed E-state index contributed by atoms with van der Waals surface area (Å²) in [5, 5.41) is 2.80. The number of alkyl halides is 3. The van der Waals surface area contributed by atoms with Gasteiger partial charge in [-0.25, -0.2) is 4.79 Å². The summed E-state index contributed by atoms with van der Waals surface area (Å²) in [6.45, 7) is -0.158. The highest BCUT2D eigenvalue weighted by atomic mass is 19.4. The molecule has 2 amide bonds. The van der Waals surface area contributed by atoms with Crippen LogP contribution in [0.5, 0.6) is 11.5 Å². The molecule has 6 nitrogen and oxygen atoms in total. The Hall–Kier alpha value is -3.23. The first-order chi connectivity index (χ1) is 15.2. The summed E-state index contributed by atoms with van der Waals surface area (Å²) in [5.74, 6) is 0.745. The van der Waals surface area contributed by atoms with Crippen molar-refractivity contribution in [2.24, 2.45) is 5.92 Å². The number of nitrogens with one attached hydrogen (secondary N) is 1. The van der Waals surface area contributed by atoms with Gasteiger partial charge in [0.1, 0.15) is 11.5 Å². The largest absolute Gasteiger partial charge is 0.497 e. The smallest absolute Gasteiger partial charge is 0.422 e. The summed E-state index contributed by atoms with van der Waals surface area (Å²) in [6.07, 6.45) is -3.22. The number of methoxy groups -OCH3 is 1. The van der Waals surface area contributed by atoms with E-state index < -0.39 is 12.8 Å². The molecule has 0 atom stereocenters. The zero-order valence-corrected chi connectivity index (χ0v) is 17.7. The lowest BCUT2D eigenvalue weighted by Gasteiger charge is -2.31. The quantitative estimate of drug-likeness (QED) is 0.634. The number of hydrogen-bond donors (Lipinski definition) is 1. The number of likely N-dealkylation sites (tertiary alicyclic amines) is 1. The highest BCUT2D eigenvalue weighted by molar-refractivity contribution is 5.98. The van der Waals surface area contributed by atoms with Crippen LogP contribution in [0.15, 0.2) is 48.5 Å². The number of rotatable bonds is 7. The van der Waals surface area contributed by atoms with Crippen molar-refractivity contribution in [3.05, 3.63) is 59.7 Å². The van der Waals surface area contributed by atoms with Gasteiger partial charge < -0.3 is 19.7 Å². The molecule has 0 aliphatic carbocycles. The number of hydrogen-bond acceptors (Lipinski definition) is 4. The molecular weight excluding hydrogens is 425 g/mol. The SMILES string of the molecule is COc1ccc(C(=O)C2CCN(C(=O)NCc3ccc(OCC(F)(F)F)cc3)CC2)cc1. The second kappa shape index (κ2) is 10.4. The molecule has 9 heteroatoms. The van der Waals surface area contributed by atoms with Gasteiger partial charge in [0.2, 0.25) is 0 Å². The molecule has 1 heterocycles. The zero-order chi connectivity index (χ0) is 23.1. The first kappa shape index (κ1) is 23.4. The lowest BCUT2D eigenvalue weighted by atomic mass is 9.89. The van der Waals surface area contributed by atoms with Crippen LogP contribution in [0, 0.1) is 5.92 Å². The van der Waals surface area contributed by atoms with Crippen molar-refractivity contribution in [3.8, 4) is 11.5 Å². The van der Waals surface area contributed by atoms with Crippen molar-refractivity contribution in [3.63, 3.8) is 0 Å². The average molecular weight is 450 g/mol. The fourth-order valence-corrected chi connectivity index (χ4v) is 3.49. The molecule has 1 N–H and O–H groups in total. The topological polar surface area (TPSA) is 67.9 Å². The third-order valence-corrected chi connectivity index (χ3v) is 5.30. The van der Waals surface area contributed by atoms with Crippen LogP contribution in [0.2, 0.25) is 0 Å². The van der Waals surface area contributed by atoms with Gasteiger partial charge in [-0.1, -0.05) is 12.1 Å². The zero-order valence-electron chi connectivity index (χ0n) is 17.7. The second-order valence-corrected chi connectivity index (χ2v) is 7.56. The van der Waals surface area contributed by atoms with Gasteiger partial charge in [0.15, 0.2) is 12.4 Å². The van der Waals surface area contributed by atoms with E-state index in [0.29, 0.717) is 37.2 Å². The van der Waals surface area contributed by atoms with Crippen molar-refractivity contribution in [1.82, 2.24) is 10.2 Å². The minimum Gasteiger partial charge on any atom is -0.497 e. The van der Waals surface area contributed by atoms with E-state index in [1.54, 1.807) is 48.4 Å². The lowest BCUT2D eigenvalue weighted by molar-refractivity contribution is -0.153. The molecule has 1 fully saturated rings. The van der Waals surface area contributed by atoms with E-state index >= 15 is 0 Å². The number of nitrogens with zero attached hydrogens (tertiary/aromatic N) is 1. The maximum atomic E-state index is 12.7. The molecule has 0 spiro atoms. The molecule has 2 aromatic carbocycles. The number of urea groups is 1. The number of benzene rings is 2. The number of carbonyl (C=O) groups is 2. The summed E-state index contributed by atoms with van der Waals surface area (Å²) < 4.78 is 46.3. The number of ether oxygens (including phenoxy) is 2. The van der Waals surface area contributed by atoms with Crippen molar-refractivity contribution in [1.29, 1.82) is 0 Å². The van der Waals surface area contributed by atoms with E-state index in [1.165, 1.54) is 12.1 Å². The molecule has 1 aliphatic rings. The molecule has 0 radical (unpaired) electrons. The molecule has 1 aliphatic heterocycles. The van der Waals surface area contributed by atoms with E-state index in [4.69, 9.17) is 4.74 Å². The Morgan fingerprint density at radius 1 is 1.00 bits per heavy atom. The Morgan fingerprint density at radius 3 is 2.16 bits per heavy atom. The monoisotopic (exact) mass is 450 g/mol. The maximum absolute atomic E-state index is 12.7. The fourth-order valence-electron chi connectivity index (χ4n) is 3.49. The third-order valence-electron chi connectivity index (χ3n) is 5.30. The highest BCUT2D eigenvalue weighted by Gasteiger charge is 2.29. The van der Waals surface area contributed by atoms with Gasteiger partial charge in [0, 0.05) is 31.1 Å². The first-order valence-electron chi connectivity index (χ1n) is 10.2. The summed E-state index contributed by atoms with van der Waals surface area (Å²) in [4.78, 5) is 26.8. The van der Waals surface area contributed by atoms with Crippen LogP contribution in [0.25, 0.3) is 0 Å². The van der Waals surface area contributed by atoms with Crippen LogP contribution in [0.4, 0.5) is 18.0 Å². The summed E-state index contributed by atoms with van der Waals surface area (Å²) >= 11 is 0. The normalized spacial score (nSPS) is 14.7. The van der Waals surface area contributed by atoms with E-state index in [2.05, 4.69) is 10.1 Å². The predicted octanol–water partition coefficient (Wildman–Crippen LogP) is 4.44. The van der Waals surface area contributed by atoms with Crippen molar-refractivity contribution < 1.29 is 32.2 Å². The van der Waals surface area contributed by atoms with Crippen LogP contribution in [-0.4, -0.2) is 49.7 Å². The number of Topliss-reactive ketones (excluding diaryl/α,β-unsaturated/α-hetero) is 1. The Bertz CT molecular complexity index is 906. The molecule has 0 bridgehead atoms. The van der Waals surface area contributed by atoms with Crippen LogP contribution in [-0.2, 0) is 6.54 Å². The molecule has 172 valence electrons. The molecule has 0 unspecified atom stereocenters. The summed E-state index contributed by atoms with van der Waals surface area (Å²) in [5.41, 5.74) is 1.37. The molecule has 32 heavy (non-hydrogen) atoms. The summed E-state index contributed by atoms with van der Waals surface area (Å²) in [7, 11) is 1.57. The van der Waals surface area contributed by atoms with Crippen molar-refractivity contribution >= 4 is 11.8 Å². The molecule has 0 saturated carbocycles. The van der Waals surface area contributed by atoms with Gasteiger partial charge in [-0.15, -0.1) is 0 Å². The lowest BCUT2D eigenvalue weighted by Crippen LogP contribution is -2.45. The van der Waals surface area contributed by atoms with Gasteiger partial charge in [0.25, 0.3) is 0 Å². The van der Waals surface area contributed by atoms with Crippen LogP contribution in [0.3, 0.4) is 0 Å². The van der Waals surface area contributed by atoms with E-state index in [-0.39, 0.29) is 30.0 Å². The molecular formula is C23H25F3N2O4. The first-order valence-corrected chi connectivity index (χ1v) is 10.2. The van der Waals surface area contributed by atoms with Gasteiger partial charge in [-0.3, -0.25) is 4.79 Å². The van der Waals surface area contributed by atoms with Crippen molar-refractivity contribution in [2.45, 2.75) is 25.6 Å². The number of halogens is 3. The molecule has 0 aromatic heterocycles. The van der Waals surface area contributed by atoms with Crippen LogP contribution < -0.4 is 14.8 Å². The third kappa shape index (κ3) is 6.63. The predicted molar refractivity (Wildman–Crippen MR) is 112 cm³/mol. The van der Waals surface area contributed by atoms with E-state index in [9.17, 15) is 22.8 Å².